The molecule has 1 amide bonds. The molecule has 32 heavy (non-hydrogen) atoms. The summed E-state index contributed by atoms with van der Waals surface area (Å²) in [6.07, 6.45) is 4.94. The Bertz CT molecular complexity index is 907. The first-order valence-corrected chi connectivity index (χ1v) is 12.0. The summed E-state index contributed by atoms with van der Waals surface area (Å²) in [5.74, 6) is 3.13. The number of carbonyl (C=O) groups is 1. The number of amides is 1. The van der Waals surface area contributed by atoms with Crippen LogP contribution >= 0.6 is 0 Å². The van der Waals surface area contributed by atoms with Gasteiger partial charge in [-0.2, -0.15) is 0 Å². The average molecular weight is 439 g/mol. The van der Waals surface area contributed by atoms with Gasteiger partial charge in [0.1, 0.15) is 17.4 Å². The number of nitrogens with zero attached hydrogens (tertiary/aromatic N) is 4. The maximum Gasteiger partial charge on any atom is 0.225 e. The van der Waals surface area contributed by atoms with E-state index in [-0.39, 0.29) is 5.92 Å². The number of aryl methyl sites for hydroxylation is 2. The quantitative estimate of drug-likeness (QED) is 0.574. The molecule has 174 valence electrons. The fraction of sp³-hybridized carbons (Fsp3) is 0.577. The third-order valence-corrected chi connectivity index (χ3v) is 6.46. The predicted molar refractivity (Wildman–Crippen MR) is 129 cm³/mol. The Labute approximate surface area is 193 Å². The van der Waals surface area contributed by atoms with E-state index >= 15 is 0 Å². The summed E-state index contributed by atoms with van der Waals surface area (Å²) in [5, 5.41) is 0. The lowest BCUT2D eigenvalue weighted by Crippen LogP contribution is -2.51. The number of unbranched alkanes of at least 4 members (excludes halogenated alkanes) is 1. The van der Waals surface area contributed by atoms with Gasteiger partial charge < -0.3 is 14.5 Å². The van der Waals surface area contributed by atoms with Crippen molar-refractivity contribution >= 4 is 11.7 Å². The van der Waals surface area contributed by atoms with Crippen LogP contribution in [0.25, 0.3) is 0 Å². The van der Waals surface area contributed by atoms with Gasteiger partial charge in [0.2, 0.25) is 5.91 Å². The van der Waals surface area contributed by atoms with Crippen LogP contribution in [0.4, 0.5) is 5.82 Å². The number of methoxy groups -OCH3 is 1. The van der Waals surface area contributed by atoms with Crippen LogP contribution in [0.1, 0.15) is 62.2 Å². The summed E-state index contributed by atoms with van der Waals surface area (Å²) < 4.78 is 5.40. The van der Waals surface area contributed by atoms with Crippen molar-refractivity contribution in [3.8, 4) is 5.75 Å². The Balaban J connectivity index is 1.75. The smallest absolute Gasteiger partial charge is 0.225 e. The number of carbonyl (C=O) groups excluding carboxylic acids is 1. The second-order valence-electron chi connectivity index (χ2n) is 8.75. The van der Waals surface area contributed by atoms with E-state index in [0.717, 1.165) is 86.9 Å². The van der Waals surface area contributed by atoms with Crippen molar-refractivity contribution in [2.24, 2.45) is 5.92 Å². The minimum Gasteiger partial charge on any atom is -0.497 e. The molecule has 1 aromatic heterocycles. The van der Waals surface area contributed by atoms with Gasteiger partial charge in [-0.25, -0.2) is 9.97 Å². The van der Waals surface area contributed by atoms with E-state index in [1.807, 2.05) is 19.1 Å². The van der Waals surface area contributed by atoms with E-state index in [0.29, 0.717) is 5.91 Å². The molecule has 1 fully saturated rings. The van der Waals surface area contributed by atoms with Gasteiger partial charge in [-0.3, -0.25) is 4.79 Å². The second-order valence-corrected chi connectivity index (χ2v) is 8.75. The largest absolute Gasteiger partial charge is 0.497 e. The van der Waals surface area contributed by atoms with E-state index < -0.39 is 0 Å². The molecule has 2 heterocycles. The van der Waals surface area contributed by atoms with Crippen molar-refractivity contribution in [2.75, 3.05) is 38.2 Å². The zero-order valence-electron chi connectivity index (χ0n) is 20.4. The van der Waals surface area contributed by atoms with E-state index in [2.05, 4.69) is 47.7 Å². The highest BCUT2D eigenvalue weighted by Crippen LogP contribution is 2.27. The molecule has 1 saturated heterocycles. The van der Waals surface area contributed by atoms with Crippen LogP contribution in [0.3, 0.4) is 0 Å². The molecule has 6 heteroatoms. The van der Waals surface area contributed by atoms with Gasteiger partial charge >= 0.3 is 0 Å². The van der Waals surface area contributed by atoms with E-state index in [9.17, 15) is 4.79 Å². The number of benzene rings is 1. The molecule has 6 nitrogen and oxygen atoms in total. The van der Waals surface area contributed by atoms with Gasteiger partial charge in [0.05, 0.1) is 7.11 Å². The first kappa shape index (κ1) is 24.0. The molecule has 1 aromatic carbocycles. The third-order valence-electron chi connectivity index (χ3n) is 6.46. The fourth-order valence-corrected chi connectivity index (χ4v) is 4.52. The van der Waals surface area contributed by atoms with Crippen molar-refractivity contribution in [1.29, 1.82) is 0 Å². The maximum atomic E-state index is 13.0. The van der Waals surface area contributed by atoms with Crippen molar-refractivity contribution < 1.29 is 9.53 Å². The molecule has 1 atom stereocenters. The molecule has 0 saturated carbocycles. The second kappa shape index (κ2) is 11.3. The van der Waals surface area contributed by atoms with Crippen LogP contribution in [0.5, 0.6) is 5.75 Å². The lowest BCUT2D eigenvalue weighted by molar-refractivity contribution is -0.136. The Morgan fingerprint density at radius 3 is 2.53 bits per heavy atom. The van der Waals surface area contributed by atoms with Crippen molar-refractivity contribution in [3.63, 3.8) is 0 Å². The summed E-state index contributed by atoms with van der Waals surface area (Å²) >= 11 is 0. The highest BCUT2D eigenvalue weighted by Gasteiger charge is 2.28. The lowest BCUT2D eigenvalue weighted by atomic mass is 9.97. The van der Waals surface area contributed by atoms with Gasteiger partial charge in [-0.15, -0.1) is 0 Å². The molecule has 1 aliphatic rings. The third kappa shape index (κ3) is 5.78. The van der Waals surface area contributed by atoms with E-state index in [1.54, 1.807) is 7.11 Å². The lowest BCUT2D eigenvalue weighted by Gasteiger charge is -2.38. The molecule has 0 bridgehead atoms. The Morgan fingerprint density at radius 1 is 1.12 bits per heavy atom. The van der Waals surface area contributed by atoms with Crippen LogP contribution in [0.15, 0.2) is 24.3 Å². The molecule has 0 spiro atoms. The molecule has 0 aliphatic carbocycles. The zero-order chi connectivity index (χ0) is 23.1. The number of aromatic nitrogens is 2. The van der Waals surface area contributed by atoms with Gasteiger partial charge in [-0.1, -0.05) is 38.8 Å². The highest BCUT2D eigenvalue weighted by atomic mass is 16.5. The van der Waals surface area contributed by atoms with Crippen LogP contribution in [0, 0.1) is 19.8 Å². The monoisotopic (exact) mass is 438 g/mol. The highest BCUT2D eigenvalue weighted by molar-refractivity contribution is 5.79. The zero-order valence-corrected chi connectivity index (χ0v) is 20.4. The van der Waals surface area contributed by atoms with Crippen LogP contribution < -0.4 is 9.64 Å². The average Bonchev–Trinajstić information content (AvgIpc) is 2.81. The summed E-state index contributed by atoms with van der Waals surface area (Å²) in [4.78, 5) is 26.9. The number of ether oxygens (including phenoxy) is 1. The Hall–Kier alpha value is -2.63. The summed E-state index contributed by atoms with van der Waals surface area (Å²) in [7, 11) is 1.69. The number of anilines is 1. The minimum atomic E-state index is 0.161. The Kier molecular flexibility index (Phi) is 8.48. The molecular formula is C26H38N4O2. The number of hydrogen-bond acceptors (Lipinski definition) is 5. The van der Waals surface area contributed by atoms with Gasteiger partial charge in [0.15, 0.2) is 0 Å². The number of hydrogen-bond donors (Lipinski definition) is 0. The fourth-order valence-electron chi connectivity index (χ4n) is 4.52. The molecule has 0 unspecified atom stereocenters. The van der Waals surface area contributed by atoms with E-state index in [4.69, 9.17) is 9.72 Å². The van der Waals surface area contributed by atoms with Gasteiger partial charge in [0, 0.05) is 49.8 Å². The summed E-state index contributed by atoms with van der Waals surface area (Å²) in [5.41, 5.74) is 3.34. The van der Waals surface area contributed by atoms with Crippen LogP contribution in [-0.4, -0.2) is 54.1 Å². The van der Waals surface area contributed by atoms with Crippen molar-refractivity contribution in [1.82, 2.24) is 14.9 Å². The first-order chi connectivity index (χ1) is 15.5. The SMILES string of the molecule is CCCC[C@@H](CC)C(=O)N1CCN(c2nc(C)nc(C)c2Cc2cccc(OC)c2)CC1. The molecule has 0 radical (unpaired) electrons. The minimum absolute atomic E-state index is 0.161. The van der Waals surface area contributed by atoms with E-state index in [1.165, 1.54) is 5.56 Å². The first-order valence-electron chi connectivity index (χ1n) is 12.0. The van der Waals surface area contributed by atoms with Gasteiger partial charge in [-0.05, 0) is 44.4 Å². The topological polar surface area (TPSA) is 58.6 Å². The predicted octanol–water partition coefficient (Wildman–Crippen LogP) is 4.56. The summed E-state index contributed by atoms with van der Waals surface area (Å²) in [6.45, 7) is 11.4. The van der Waals surface area contributed by atoms with Gasteiger partial charge in [0.25, 0.3) is 0 Å². The molecule has 0 N–H and O–H groups in total. The molecule has 2 aromatic rings. The maximum absolute atomic E-state index is 13.0. The number of piperazine rings is 1. The molecular weight excluding hydrogens is 400 g/mol. The molecule has 3 rings (SSSR count). The van der Waals surface area contributed by atoms with Crippen LogP contribution in [0.2, 0.25) is 0 Å². The molecule has 1 aliphatic heterocycles. The van der Waals surface area contributed by atoms with Crippen molar-refractivity contribution in [3.05, 3.63) is 46.9 Å². The number of rotatable bonds is 9. The van der Waals surface area contributed by atoms with Crippen LogP contribution in [-0.2, 0) is 11.2 Å². The summed E-state index contributed by atoms with van der Waals surface area (Å²) in [6, 6.07) is 8.17. The van der Waals surface area contributed by atoms with Crippen molar-refractivity contribution in [2.45, 2.75) is 59.8 Å². The Morgan fingerprint density at radius 2 is 1.88 bits per heavy atom. The normalized spacial score (nSPS) is 15.0. The standard InChI is InChI=1S/C26H38N4O2/c1-6-8-11-22(7-2)26(31)30-15-13-29(14-16-30)25-24(19(3)27-20(4)28-25)18-21-10-9-12-23(17-21)32-5/h9-10,12,17,22H,6-8,11,13-16,18H2,1-5H3/t22-/m1/s1.